The third kappa shape index (κ3) is 4.11. The molecular formula is C51H34O. The number of benzene rings is 9. The van der Waals surface area contributed by atoms with Gasteiger partial charge in [-0.2, -0.15) is 0 Å². The first-order valence-electron chi connectivity index (χ1n) is 18.2. The summed E-state index contributed by atoms with van der Waals surface area (Å²) in [6.07, 6.45) is 0. The van der Waals surface area contributed by atoms with E-state index in [1.807, 2.05) is 6.07 Å². The number of para-hydroxylation sites is 1. The van der Waals surface area contributed by atoms with E-state index in [0.29, 0.717) is 0 Å². The molecule has 0 aliphatic heterocycles. The molecule has 0 atom stereocenters. The van der Waals surface area contributed by atoms with Crippen LogP contribution in [0.4, 0.5) is 0 Å². The zero-order valence-corrected chi connectivity index (χ0v) is 29.1. The molecule has 0 saturated carbocycles. The Balaban J connectivity index is 1.04. The summed E-state index contributed by atoms with van der Waals surface area (Å²) >= 11 is 0. The van der Waals surface area contributed by atoms with Crippen molar-refractivity contribution in [3.05, 3.63) is 181 Å². The molecule has 9 aromatic carbocycles. The molecule has 0 fully saturated rings. The molecule has 10 aromatic rings. The molecular weight excluding hydrogens is 629 g/mol. The van der Waals surface area contributed by atoms with E-state index < -0.39 is 0 Å². The molecule has 1 heterocycles. The van der Waals surface area contributed by atoms with Crippen LogP contribution in [0.1, 0.15) is 25.0 Å². The maximum absolute atomic E-state index is 6.46. The Labute approximate surface area is 302 Å². The first kappa shape index (κ1) is 29.3. The zero-order valence-electron chi connectivity index (χ0n) is 29.1. The van der Waals surface area contributed by atoms with Crippen molar-refractivity contribution in [2.45, 2.75) is 19.3 Å². The van der Waals surface area contributed by atoms with Crippen LogP contribution in [0, 0.1) is 0 Å². The average Bonchev–Trinajstić information content (AvgIpc) is 3.68. The van der Waals surface area contributed by atoms with Gasteiger partial charge in [0, 0.05) is 21.6 Å². The highest BCUT2D eigenvalue weighted by Gasteiger charge is 2.36. The van der Waals surface area contributed by atoms with Gasteiger partial charge in [0.1, 0.15) is 11.2 Å². The van der Waals surface area contributed by atoms with Crippen molar-refractivity contribution in [3.63, 3.8) is 0 Å². The van der Waals surface area contributed by atoms with Crippen molar-refractivity contribution >= 4 is 54.3 Å². The number of furan rings is 1. The molecule has 0 amide bonds. The van der Waals surface area contributed by atoms with Crippen molar-refractivity contribution < 1.29 is 4.42 Å². The molecule has 1 aliphatic rings. The van der Waals surface area contributed by atoms with Crippen molar-refractivity contribution in [2.24, 2.45) is 0 Å². The quantitative estimate of drug-likeness (QED) is 0.172. The molecule has 52 heavy (non-hydrogen) atoms. The molecule has 1 nitrogen and oxygen atoms in total. The van der Waals surface area contributed by atoms with Crippen LogP contribution >= 0.6 is 0 Å². The Morgan fingerprint density at radius 1 is 0.365 bits per heavy atom. The van der Waals surface area contributed by atoms with Crippen molar-refractivity contribution in [3.8, 4) is 44.5 Å². The molecule has 0 saturated heterocycles. The SMILES string of the molecule is CC1(C)c2ccc(-c3ccc(-c4c5ccccc5c(-c5ccccc5)c5ccccc45)cc3)cc2-c2cc3ccc4c5ccccc5oc4c3cc21. The molecule has 0 radical (unpaired) electrons. The first-order valence-corrected chi connectivity index (χ1v) is 18.2. The molecule has 1 aromatic heterocycles. The van der Waals surface area contributed by atoms with Crippen LogP contribution < -0.4 is 0 Å². The molecule has 0 N–H and O–H groups in total. The van der Waals surface area contributed by atoms with E-state index in [1.165, 1.54) is 98.7 Å². The number of rotatable bonds is 3. The van der Waals surface area contributed by atoms with Crippen molar-refractivity contribution in [2.75, 3.05) is 0 Å². The predicted molar refractivity (Wildman–Crippen MR) is 220 cm³/mol. The highest BCUT2D eigenvalue weighted by atomic mass is 16.3. The van der Waals surface area contributed by atoms with Gasteiger partial charge in [-0.25, -0.2) is 0 Å². The van der Waals surface area contributed by atoms with Gasteiger partial charge in [0.25, 0.3) is 0 Å². The topological polar surface area (TPSA) is 13.1 Å². The van der Waals surface area contributed by atoms with Crippen LogP contribution in [0.3, 0.4) is 0 Å². The number of hydrogen-bond acceptors (Lipinski definition) is 1. The lowest BCUT2D eigenvalue weighted by molar-refractivity contribution is 0.660. The fraction of sp³-hybridized carbons (Fsp3) is 0.0588. The summed E-state index contributed by atoms with van der Waals surface area (Å²) in [5, 5.41) is 9.84. The van der Waals surface area contributed by atoms with Crippen LogP contribution in [-0.4, -0.2) is 0 Å². The standard InChI is InChI=1S/C51H34O/c1-51(2)45-27-25-34(28-43(45)44-29-35-24-26-41-36-14-10-11-19-47(36)52-50(41)42(35)30-46(44)51)31-20-22-33(23-21-31)49-39-17-8-6-15-37(39)48(32-12-4-3-5-13-32)38-16-7-9-18-40(38)49/h3-30H,1-2H3. The van der Waals surface area contributed by atoms with Crippen molar-refractivity contribution in [1.29, 1.82) is 0 Å². The maximum atomic E-state index is 6.46. The van der Waals surface area contributed by atoms with Gasteiger partial charge in [-0.1, -0.05) is 153 Å². The highest BCUT2D eigenvalue weighted by molar-refractivity contribution is 6.21. The molecule has 0 spiro atoms. The first-order chi connectivity index (χ1) is 25.5. The third-order valence-corrected chi connectivity index (χ3v) is 11.7. The Morgan fingerprint density at radius 2 is 0.904 bits per heavy atom. The van der Waals surface area contributed by atoms with Crippen LogP contribution in [0.2, 0.25) is 0 Å². The van der Waals surface area contributed by atoms with Crippen LogP contribution in [0.25, 0.3) is 98.8 Å². The second kappa shape index (κ2) is 10.8. The Hall–Kier alpha value is -6.44. The molecule has 244 valence electrons. The van der Waals surface area contributed by atoms with Gasteiger partial charge in [0.05, 0.1) is 0 Å². The van der Waals surface area contributed by atoms with Crippen LogP contribution in [-0.2, 0) is 5.41 Å². The van der Waals surface area contributed by atoms with Gasteiger partial charge in [0.2, 0.25) is 0 Å². The summed E-state index contributed by atoms with van der Waals surface area (Å²) in [6, 6.07) is 62.4. The van der Waals surface area contributed by atoms with Crippen LogP contribution in [0.15, 0.2) is 174 Å². The predicted octanol–water partition coefficient (Wildman–Crippen LogP) is 14.4. The summed E-state index contributed by atoms with van der Waals surface area (Å²) in [7, 11) is 0. The van der Waals surface area contributed by atoms with E-state index in [-0.39, 0.29) is 5.41 Å². The number of hydrogen-bond donors (Lipinski definition) is 0. The lowest BCUT2D eigenvalue weighted by atomic mass is 9.81. The molecule has 1 heteroatoms. The van der Waals surface area contributed by atoms with Gasteiger partial charge in [-0.15, -0.1) is 0 Å². The maximum Gasteiger partial charge on any atom is 0.143 e. The van der Waals surface area contributed by atoms with Gasteiger partial charge in [0.15, 0.2) is 0 Å². The monoisotopic (exact) mass is 662 g/mol. The Bertz CT molecular complexity index is 3010. The molecule has 0 unspecified atom stereocenters. The average molecular weight is 663 g/mol. The van der Waals surface area contributed by atoms with Gasteiger partial charge in [-0.05, 0) is 113 Å². The second-order valence-electron chi connectivity index (χ2n) is 14.8. The third-order valence-electron chi connectivity index (χ3n) is 11.7. The molecule has 1 aliphatic carbocycles. The lowest BCUT2D eigenvalue weighted by Crippen LogP contribution is -2.14. The highest BCUT2D eigenvalue weighted by Crippen LogP contribution is 2.52. The lowest BCUT2D eigenvalue weighted by Gasteiger charge is -2.22. The number of fused-ring (bicyclic) bond motifs is 10. The fourth-order valence-electron chi connectivity index (χ4n) is 9.12. The van der Waals surface area contributed by atoms with Gasteiger partial charge in [-0.3, -0.25) is 0 Å². The van der Waals surface area contributed by atoms with E-state index in [9.17, 15) is 0 Å². The van der Waals surface area contributed by atoms with E-state index in [0.717, 1.165) is 11.2 Å². The van der Waals surface area contributed by atoms with Gasteiger partial charge >= 0.3 is 0 Å². The smallest absolute Gasteiger partial charge is 0.143 e. The largest absolute Gasteiger partial charge is 0.455 e. The van der Waals surface area contributed by atoms with Crippen molar-refractivity contribution in [1.82, 2.24) is 0 Å². The Morgan fingerprint density at radius 3 is 1.58 bits per heavy atom. The zero-order chi connectivity index (χ0) is 34.6. The van der Waals surface area contributed by atoms with E-state index in [4.69, 9.17) is 4.42 Å². The molecule has 11 rings (SSSR count). The van der Waals surface area contributed by atoms with E-state index in [2.05, 4.69) is 178 Å². The van der Waals surface area contributed by atoms with E-state index >= 15 is 0 Å². The minimum atomic E-state index is -0.122. The normalized spacial score (nSPS) is 13.3. The summed E-state index contributed by atoms with van der Waals surface area (Å²) in [5.74, 6) is 0. The summed E-state index contributed by atoms with van der Waals surface area (Å²) < 4.78 is 6.46. The fourth-order valence-corrected chi connectivity index (χ4v) is 9.12. The van der Waals surface area contributed by atoms with E-state index in [1.54, 1.807) is 0 Å². The van der Waals surface area contributed by atoms with Gasteiger partial charge < -0.3 is 4.42 Å². The summed E-state index contributed by atoms with van der Waals surface area (Å²) in [6.45, 7) is 4.71. The van der Waals surface area contributed by atoms with Crippen LogP contribution in [0.5, 0.6) is 0 Å². The summed E-state index contributed by atoms with van der Waals surface area (Å²) in [4.78, 5) is 0. The molecule has 0 bridgehead atoms. The second-order valence-corrected chi connectivity index (χ2v) is 14.8. The minimum absolute atomic E-state index is 0.122. The summed E-state index contributed by atoms with van der Waals surface area (Å²) in [5.41, 5.74) is 14.7. The Kier molecular flexibility index (Phi) is 6.08. The minimum Gasteiger partial charge on any atom is -0.455 e.